The van der Waals surface area contributed by atoms with Crippen molar-refractivity contribution >= 4 is 51.5 Å². The predicted octanol–water partition coefficient (Wildman–Crippen LogP) is 3.61. The minimum atomic E-state index is -1.31. The summed E-state index contributed by atoms with van der Waals surface area (Å²) in [6.07, 6.45) is 0.503. The molecule has 2 unspecified atom stereocenters. The van der Waals surface area contributed by atoms with E-state index >= 15 is 0 Å². The molecule has 2 atom stereocenters. The number of hydrogen-bond acceptors (Lipinski definition) is 6. The van der Waals surface area contributed by atoms with E-state index in [0.717, 1.165) is 11.3 Å². The second kappa shape index (κ2) is 8.67. The van der Waals surface area contributed by atoms with Crippen LogP contribution in [0.5, 0.6) is 0 Å². The van der Waals surface area contributed by atoms with E-state index in [0.29, 0.717) is 28.5 Å². The van der Waals surface area contributed by atoms with E-state index in [-0.39, 0.29) is 29.0 Å². The number of aromatic amines is 1. The summed E-state index contributed by atoms with van der Waals surface area (Å²) in [6, 6.07) is -0.660. The molecule has 1 saturated heterocycles. The van der Waals surface area contributed by atoms with Crippen molar-refractivity contribution in [1.29, 1.82) is 0 Å². The summed E-state index contributed by atoms with van der Waals surface area (Å²) in [6.45, 7) is 4.23. The molecule has 152 valence electrons. The van der Waals surface area contributed by atoms with Gasteiger partial charge in [0.25, 0.3) is 5.91 Å². The third-order valence-corrected chi connectivity index (χ3v) is 6.33. The highest BCUT2D eigenvalue weighted by atomic mass is 35.5. The van der Waals surface area contributed by atoms with Crippen LogP contribution in [0.25, 0.3) is 0 Å². The molecule has 2 N–H and O–H groups in total. The van der Waals surface area contributed by atoms with Crippen LogP contribution in [0, 0.1) is 6.92 Å². The average Bonchev–Trinajstić information content (AvgIpc) is 3.25. The van der Waals surface area contributed by atoms with Gasteiger partial charge in [-0.3, -0.25) is 4.79 Å². The smallest absolute Gasteiger partial charge is 0.350 e. The van der Waals surface area contributed by atoms with E-state index in [2.05, 4.69) is 15.3 Å². The van der Waals surface area contributed by atoms with Gasteiger partial charge in [0, 0.05) is 12.1 Å². The van der Waals surface area contributed by atoms with Gasteiger partial charge in [0.05, 0.1) is 30.4 Å². The zero-order valence-corrected chi connectivity index (χ0v) is 17.6. The number of thiazole rings is 1. The van der Waals surface area contributed by atoms with Crippen LogP contribution in [0.1, 0.15) is 39.1 Å². The summed E-state index contributed by atoms with van der Waals surface area (Å²) >= 11 is 13.2. The fraction of sp³-hybridized carbons (Fsp3) is 0.471. The number of carbonyl (C=O) groups is 2. The Bertz CT molecular complexity index is 888. The van der Waals surface area contributed by atoms with E-state index in [1.165, 1.54) is 6.20 Å². The number of halogens is 3. The maximum Gasteiger partial charge on any atom is 0.350 e. The lowest BCUT2D eigenvalue weighted by atomic mass is 10.0. The van der Waals surface area contributed by atoms with Crippen molar-refractivity contribution in [3.8, 4) is 0 Å². The van der Waals surface area contributed by atoms with Gasteiger partial charge in [-0.1, -0.05) is 34.5 Å². The van der Waals surface area contributed by atoms with Crippen molar-refractivity contribution in [3.05, 3.63) is 32.5 Å². The number of piperidine rings is 1. The molecule has 1 fully saturated rings. The molecule has 7 nitrogen and oxygen atoms in total. The molecule has 0 spiro atoms. The number of nitrogens with zero attached hydrogens (tertiary/aromatic N) is 2. The zero-order valence-electron chi connectivity index (χ0n) is 15.2. The Morgan fingerprint density at radius 2 is 2.25 bits per heavy atom. The number of carbonyl (C=O) groups excluding carboxylic acids is 2. The van der Waals surface area contributed by atoms with Gasteiger partial charge in [0.2, 0.25) is 0 Å². The number of nitrogens with one attached hydrogen (secondary N) is 2. The maximum atomic E-state index is 14.7. The van der Waals surface area contributed by atoms with Gasteiger partial charge in [-0.2, -0.15) is 0 Å². The van der Waals surface area contributed by atoms with Gasteiger partial charge in [0.15, 0.2) is 5.13 Å². The Balaban J connectivity index is 1.61. The van der Waals surface area contributed by atoms with E-state index in [1.54, 1.807) is 18.7 Å². The highest BCUT2D eigenvalue weighted by molar-refractivity contribution is 7.17. The summed E-state index contributed by atoms with van der Waals surface area (Å²) in [5, 5.41) is 3.73. The molecule has 1 amide bonds. The monoisotopic (exact) mass is 448 g/mol. The van der Waals surface area contributed by atoms with Crippen LogP contribution >= 0.6 is 34.5 Å². The van der Waals surface area contributed by atoms with Crippen LogP contribution in [0.4, 0.5) is 9.52 Å². The first-order chi connectivity index (χ1) is 13.3. The Morgan fingerprint density at radius 3 is 2.86 bits per heavy atom. The van der Waals surface area contributed by atoms with Gasteiger partial charge in [0.1, 0.15) is 21.9 Å². The molecule has 2 aromatic heterocycles. The van der Waals surface area contributed by atoms with Crippen LogP contribution in [0.15, 0.2) is 6.20 Å². The number of rotatable bonds is 5. The minimum absolute atomic E-state index is 0.0545. The van der Waals surface area contributed by atoms with Crippen molar-refractivity contribution in [2.45, 2.75) is 32.5 Å². The predicted molar refractivity (Wildman–Crippen MR) is 107 cm³/mol. The highest BCUT2D eigenvalue weighted by Gasteiger charge is 2.33. The van der Waals surface area contributed by atoms with E-state index in [4.69, 9.17) is 27.9 Å². The number of ether oxygens (including phenoxy) is 1. The molecular formula is C17H19Cl2FN4O3S. The Morgan fingerprint density at radius 1 is 1.50 bits per heavy atom. The molecule has 0 bridgehead atoms. The summed E-state index contributed by atoms with van der Waals surface area (Å²) in [5.74, 6) is -0.943. The summed E-state index contributed by atoms with van der Waals surface area (Å²) in [5.41, 5.74) is 0.694. The van der Waals surface area contributed by atoms with Gasteiger partial charge >= 0.3 is 5.97 Å². The lowest BCUT2D eigenvalue weighted by molar-refractivity contribution is 0.0531. The normalized spacial score (nSPS) is 19.5. The Labute approximate surface area is 175 Å². The molecule has 0 aromatic carbocycles. The largest absolute Gasteiger partial charge is 0.462 e. The van der Waals surface area contributed by atoms with Gasteiger partial charge in [-0.05, 0) is 20.3 Å². The fourth-order valence-electron chi connectivity index (χ4n) is 2.89. The SMILES string of the molecule is CCOC(=O)c1cnc(N2CCC(NC(=O)c3[nH]c(Cl)c(C)c3Cl)C(F)C2)s1. The van der Waals surface area contributed by atoms with Gasteiger partial charge in [-0.15, -0.1) is 0 Å². The lowest BCUT2D eigenvalue weighted by Crippen LogP contribution is -2.52. The van der Waals surface area contributed by atoms with Crippen molar-refractivity contribution in [1.82, 2.24) is 15.3 Å². The summed E-state index contributed by atoms with van der Waals surface area (Å²) in [7, 11) is 0. The fourth-order valence-corrected chi connectivity index (χ4v) is 4.20. The molecule has 0 radical (unpaired) electrons. The number of H-pyrrole nitrogens is 1. The molecule has 11 heteroatoms. The molecule has 0 saturated carbocycles. The second-order valence-electron chi connectivity index (χ2n) is 6.31. The van der Waals surface area contributed by atoms with Crippen LogP contribution in [0.2, 0.25) is 10.2 Å². The van der Waals surface area contributed by atoms with Gasteiger partial charge in [-0.25, -0.2) is 14.2 Å². The molecular weight excluding hydrogens is 430 g/mol. The van der Waals surface area contributed by atoms with Crippen molar-refractivity contribution < 1.29 is 18.7 Å². The van der Waals surface area contributed by atoms with Crippen LogP contribution in [-0.4, -0.2) is 53.8 Å². The van der Waals surface area contributed by atoms with Crippen molar-refractivity contribution in [3.63, 3.8) is 0 Å². The number of hydrogen-bond donors (Lipinski definition) is 2. The van der Waals surface area contributed by atoms with Crippen LogP contribution < -0.4 is 10.2 Å². The molecule has 0 aliphatic carbocycles. The summed E-state index contributed by atoms with van der Waals surface area (Å²) < 4.78 is 19.6. The average molecular weight is 449 g/mol. The van der Waals surface area contributed by atoms with Crippen molar-refractivity contribution in [2.24, 2.45) is 0 Å². The number of anilines is 1. The quantitative estimate of drug-likeness (QED) is 0.682. The van der Waals surface area contributed by atoms with Crippen LogP contribution in [0.3, 0.4) is 0 Å². The molecule has 28 heavy (non-hydrogen) atoms. The Kier molecular flexibility index (Phi) is 6.47. The van der Waals surface area contributed by atoms with E-state index in [9.17, 15) is 14.0 Å². The van der Waals surface area contributed by atoms with E-state index < -0.39 is 24.1 Å². The highest BCUT2D eigenvalue weighted by Crippen LogP contribution is 2.29. The molecule has 1 aliphatic heterocycles. The first-order valence-corrected chi connectivity index (χ1v) is 10.3. The Hall–Kier alpha value is -1.84. The molecule has 3 heterocycles. The first kappa shape index (κ1) is 20.9. The lowest BCUT2D eigenvalue weighted by Gasteiger charge is -2.34. The third-order valence-electron chi connectivity index (χ3n) is 4.44. The third kappa shape index (κ3) is 4.26. The topological polar surface area (TPSA) is 87.3 Å². The van der Waals surface area contributed by atoms with Gasteiger partial charge < -0.3 is 19.9 Å². The number of aromatic nitrogens is 2. The first-order valence-electron chi connectivity index (χ1n) is 8.68. The summed E-state index contributed by atoms with van der Waals surface area (Å²) in [4.78, 5) is 33.2. The van der Waals surface area contributed by atoms with E-state index in [1.807, 2.05) is 0 Å². The molecule has 3 rings (SSSR count). The van der Waals surface area contributed by atoms with Crippen molar-refractivity contribution in [2.75, 3.05) is 24.6 Å². The zero-order chi connectivity index (χ0) is 20.4. The molecule has 2 aromatic rings. The molecule has 1 aliphatic rings. The second-order valence-corrected chi connectivity index (χ2v) is 8.08. The number of esters is 1. The number of amides is 1. The van der Waals surface area contributed by atoms with Crippen LogP contribution in [-0.2, 0) is 4.74 Å². The maximum absolute atomic E-state index is 14.7. The minimum Gasteiger partial charge on any atom is -0.462 e. The standard InChI is InChI=1S/C17H19Cl2FN4O3S/c1-3-27-16(26)11-6-21-17(28-11)24-5-4-10(9(20)7-24)22-15(25)13-12(18)8(2)14(19)23-13/h6,9-10,23H,3-5,7H2,1-2H3,(H,22,25). The number of alkyl halides is 1.